The number of hydrogen-bond donors (Lipinski definition) is 0. The van der Waals surface area contributed by atoms with E-state index in [2.05, 4.69) is 29.2 Å². The zero-order valence-corrected chi connectivity index (χ0v) is 16.7. The normalized spacial score (nSPS) is 37.4. The first-order valence-electron chi connectivity index (χ1n) is 10.8. The molecular weight excluding hydrogens is 352 g/mol. The van der Waals surface area contributed by atoms with Gasteiger partial charge < -0.3 is 4.90 Å². The van der Waals surface area contributed by atoms with Gasteiger partial charge in [-0.05, 0) is 86.7 Å². The van der Waals surface area contributed by atoms with Crippen LogP contribution in [0.3, 0.4) is 0 Å². The Morgan fingerprint density at radius 2 is 1.81 bits per heavy atom. The second-order valence-corrected chi connectivity index (χ2v) is 10.9. The SMILES string of the molecule is O=C(CC12CC3CC(CC(C3)C1)C2)N1CCC[C@H]1c1nc2ccccc2s1. The number of rotatable bonds is 3. The molecule has 1 aliphatic heterocycles. The molecule has 7 rings (SSSR count). The Bertz CT molecular complexity index is 819. The summed E-state index contributed by atoms with van der Waals surface area (Å²) in [7, 11) is 0. The van der Waals surface area contributed by atoms with E-state index in [1.54, 1.807) is 11.3 Å². The number of benzene rings is 1. The summed E-state index contributed by atoms with van der Waals surface area (Å²) in [5, 5.41) is 1.15. The van der Waals surface area contributed by atoms with Gasteiger partial charge in [-0.15, -0.1) is 11.3 Å². The number of fused-ring (bicyclic) bond motifs is 1. The molecule has 1 saturated heterocycles. The van der Waals surface area contributed by atoms with Crippen molar-refractivity contribution in [1.82, 2.24) is 9.88 Å². The highest BCUT2D eigenvalue weighted by Gasteiger charge is 2.52. The molecule has 4 heteroatoms. The zero-order valence-electron chi connectivity index (χ0n) is 15.9. The summed E-state index contributed by atoms with van der Waals surface area (Å²) in [6.07, 6.45) is 11.3. The van der Waals surface area contributed by atoms with Gasteiger partial charge in [0.15, 0.2) is 0 Å². The smallest absolute Gasteiger partial charge is 0.223 e. The zero-order chi connectivity index (χ0) is 18.0. The largest absolute Gasteiger partial charge is 0.333 e. The summed E-state index contributed by atoms with van der Waals surface area (Å²) in [5.74, 6) is 3.17. The van der Waals surface area contributed by atoms with Crippen LogP contribution in [0, 0.1) is 23.2 Å². The van der Waals surface area contributed by atoms with Crippen molar-refractivity contribution in [2.24, 2.45) is 23.2 Å². The first-order valence-corrected chi connectivity index (χ1v) is 11.6. The van der Waals surface area contributed by atoms with Crippen LogP contribution in [0.4, 0.5) is 0 Å². The molecule has 1 amide bonds. The lowest BCUT2D eigenvalue weighted by Gasteiger charge is -2.57. The monoisotopic (exact) mass is 380 g/mol. The van der Waals surface area contributed by atoms with Crippen molar-refractivity contribution in [3.8, 4) is 0 Å². The second kappa shape index (κ2) is 6.04. The van der Waals surface area contributed by atoms with Crippen molar-refractivity contribution in [1.29, 1.82) is 0 Å². The maximum atomic E-state index is 13.4. The minimum Gasteiger partial charge on any atom is -0.333 e. The van der Waals surface area contributed by atoms with Crippen LogP contribution in [0.2, 0.25) is 0 Å². The van der Waals surface area contributed by atoms with Crippen LogP contribution in [0.5, 0.6) is 0 Å². The van der Waals surface area contributed by atoms with Gasteiger partial charge in [-0.3, -0.25) is 4.79 Å². The van der Waals surface area contributed by atoms with Gasteiger partial charge in [-0.25, -0.2) is 4.98 Å². The Morgan fingerprint density at radius 1 is 1.11 bits per heavy atom. The van der Waals surface area contributed by atoms with Crippen LogP contribution in [0.25, 0.3) is 10.2 Å². The first-order chi connectivity index (χ1) is 13.2. The van der Waals surface area contributed by atoms with Gasteiger partial charge in [0.1, 0.15) is 5.01 Å². The Labute approximate surface area is 165 Å². The van der Waals surface area contributed by atoms with Gasteiger partial charge >= 0.3 is 0 Å². The summed E-state index contributed by atoms with van der Waals surface area (Å²) < 4.78 is 1.24. The Hall–Kier alpha value is -1.42. The van der Waals surface area contributed by atoms with E-state index in [0.29, 0.717) is 11.3 Å². The molecule has 1 aromatic heterocycles. The van der Waals surface area contributed by atoms with Gasteiger partial charge in [0.05, 0.1) is 16.3 Å². The number of likely N-dealkylation sites (tertiary alicyclic amines) is 1. The number of thiazole rings is 1. The average molecular weight is 381 g/mol. The number of aromatic nitrogens is 1. The molecule has 0 spiro atoms. The molecule has 0 radical (unpaired) electrons. The third-order valence-electron chi connectivity index (χ3n) is 7.86. The second-order valence-electron chi connectivity index (χ2n) is 9.86. The molecule has 4 bridgehead atoms. The fourth-order valence-electron chi connectivity index (χ4n) is 7.28. The minimum absolute atomic E-state index is 0.212. The Balaban J connectivity index is 1.24. The van der Waals surface area contributed by atoms with Crippen molar-refractivity contribution < 1.29 is 4.79 Å². The van der Waals surface area contributed by atoms with E-state index in [-0.39, 0.29) is 6.04 Å². The van der Waals surface area contributed by atoms with Gasteiger partial charge in [0.25, 0.3) is 0 Å². The third kappa shape index (κ3) is 2.74. The predicted molar refractivity (Wildman–Crippen MR) is 109 cm³/mol. The number of carbonyl (C=O) groups is 1. The summed E-state index contributed by atoms with van der Waals surface area (Å²) in [5.41, 5.74) is 1.42. The molecule has 0 unspecified atom stereocenters. The predicted octanol–water partition coefficient (Wildman–Crippen LogP) is 5.57. The van der Waals surface area contributed by atoms with E-state index in [9.17, 15) is 4.79 Å². The Morgan fingerprint density at radius 3 is 2.52 bits per heavy atom. The van der Waals surface area contributed by atoms with E-state index in [1.807, 2.05) is 0 Å². The van der Waals surface area contributed by atoms with Crippen molar-refractivity contribution in [2.75, 3.05) is 6.54 Å². The summed E-state index contributed by atoms with van der Waals surface area (Å²) in [6.45, 7) is 0.922. The molecule has 1 aromatic carbocycles. The molecule has 4 saturated carbocycles. The quantitative estimate of drug-likeness (QED) is 0.698. The van der Waals surface area contributed by atoms with Crippen LogP contribution < -0.4 is 0 Å². The van der Waals surface area contributed by atoms with Crippen molar-refractivity contribution in [3.05, 3.63) is 29.3 Å². The van der Waals surface area contributed by atoms with Gasteiger partial charge in [0, 0.05) is 13.0 Å². The molecule has 5 aliphatic rings. The molecular formula is C23H28N2OS. The van der Waals surface area contributed by atoms with E-state index >= 15 is 0 Å². The van der Waals surface area contributed by atoms with E-state index in [4.69, 9.17) is 4.98 Å². The lowest BCUT2D eigenvalue weighted by molar-refractivity contribution is -0.140. The van der Waals surface area contributed by atoms with E-state index in [1.165, 1.54) is 43.2 Å². The van der Waals surface area contributed by atoms with Crippen molar-refractivity contribution >= 4 is 27.5 Å². The average Bonchev–Trinajstić information content (AvgIpc) is 3.26. The fraction of sp³-hybridized carbons (Fsp3) is 0.652. The molecule has 5 fully saturated rings. The molecule has 2 heterocycles. The third-order valence-corrected chi connectivity index (χ3v) is 9.00. The van der Waals surface area contributed by atoms with Crippen molar-refractivity contribution in [3.63, 3.8) is 0 Å². The minimum atomic E-state index is 0.212. The van der Waals surface area contributed by atoms with E-state index in [0.717, 1.165) is 54.1 Å². The molecule has 142 valence electrons. The number of hydrogen-bond acceptors (Lipinski definition) is 3. The lowest BCUT2D eigenvalue weighted by Crippen LogP contribution is -2.48. The molecule has 1 atom stereocenters. The maximum Gasteiger partial charge on any atom is 0.223 e. The van der Waals surface area contributed by atoms with Gasteiger partial charge in [-0.2, -0.15) is 0 Å². The number of amides is 1. The van der Waals surface area contributed by atoms with Crippen LogP contribution in [0.1, 0.15) is 68.8 Å². The Kier molecular flexibility index (Phi) is 3.70. The van der Waals surface area contributed by atoms with Crippen LogP contribution >= 0.6 is 11.3 Å². The molecule has 2 aromatic rings. The number of nitrogens with zero attached hydrogens (tertiary/aromatic N) is 2. The highest BCUT2D eigenvalue weighted by Crippen LogP contribution is 2.61. The van der Waals surface area contributed by atoms with Crippen LogP contribution in [0.15, 0.2) is 24.3 Å². The first kappa shape index (κ1) is 16.5. The number of carbonyl (C=O) groups excluding carboxylic acids is 1. The van der Waals surface area contributed by atoms with E-state index < -0.39 is 0 Å². The molecule has 4 aliphatic carbocycles. The van der Waals surface area contributed by atoms with Gasteiger partial charge in [0.2, 0.25) is 5.91 Å². The molecule has 3 nitrogen and oxygen atoms in total. The lowest BCUT2D eigenvalue weighted by atomic mass is 9.49. The van der Waals surface area contributed by atoms with Crippen LogP contribution in [-0.4, -0.2) is 22.3 Å². The number of para-hydroxylation sites is 1. The van der Waals surface area contributed by atoms with Crippen molar-refractivity contribution in [2.45, 2.75) is 63.8 Å². The summed E-state index contributed by atoms with van der Waals surface area (Å²) in [6, 6.07) is 8.58. The fourth-order valence-corrected chi connectivity index (χ4v) is 8.40. The highest BCUT2D eigenvalue weighted by molar-refractivity contribution is 7.18. The topological polar surface area (TPSA) is 33.2 Å². The van der Waals surface area contributed by atoms with Crippen LogP contribution in [-0.2, 0) is 4.79 Å². The van der Waals surface area contributed by atoms with Gasteiger partial charge in [-0.1, -0.05) is 12.1 Å². The molecule has 0 N–H and O–H groups in total. The maximum absolute atomic E-state index is 13.4. The molecule has 27 heavy (non-hydrogen) atoms. The summed E-state index contributed by atoms with van der Waals surface area (Å²) >= 11 is 1.78. The standard InChI is InChI=1S/C23H28N2OS/c26-21(14-23-11-15-8-16(12-23)10-17(9-15)13-23)25-7-3-5-19(25)22-24-18-4-1-2-6-20(18)27-22/h1-2,4,6,15-17,19H,3,5,7-14H2/t15?,16?,17?,19-,23?/m0/s1. The highest BCUT2D eigenvalue weighted by atomic mass is 32.1. The summed E-state index contributed by atoms with van der Waals surface area (Å²) in [4.78, 5) is 20.5.